The van der Waals surface area contributed by atoms with Crippen molar-refractivity contribution >= 4 is 11.8 Å². The number of amides is 2. The summed E-state index contributed by atoms with van der Waals surface area (Å²) in [6, 6.07) is 5.24. The zero-order valence-electron chi connectivity index (χ0n) is 11.3. The Hall–Kier alpha value is -1.91. The largest absolute Gasteiger partial charge is 0.342 e. The van der Waals surface area contributed by atoms with Crippen LogP contribution in [0.5, 0.6) is 0 Å². The monoisotopic (exact) mass is 276 g/mol. The SMILES string of the molecule is CC1C(=O)NC(C2CC2)C(=O)N1Cc1cccc(F)c1. The lowest BCUT2D eigenvalue weighted by Gasteiger charge is -2.37. The van der Waals surface area contributed by atoms with E-state index in [0.29, 0.717) is 5.56 Å². The highest BCUT2D eigenvalue weighted by molar-refractivity contribution is 5.97. The van der Waals surface area contributed by atoms with Crippen molar-refractivity contribution in [2.45, 2.75) is 38.4 Å². The third-order valence-electron chi connectivity index (χ3n) is 4.03. The Bertz CT molecular complexity index is 557. The molecule has 0 bridgehead atoms. The number of piperazine rings is 1. The molecule has 20 heavy (non-hydrogen) atoms. The van der Waals surface area contributed by atoms with Gasteiger partial charge in [-0.25, -0.2) is 4.39 Å². The molecule has 2 atom stereocenters. The van der Waals surface area contributed by atoms with Gasteiger partial charge in [0.2, 0.25) is 11.8 Å². The van der Waals surface area contributed by atoms with Crippen LogP contribution in [-0.2, 0) is 16.1 Å². The summed E-state index contributed by atoms with van der Waals surface area (Å²) in [6.45, 7) is 1.98. The van der Waals surface area contributed by atoms with Gasteiger partial charge in [-0.2, -0.15) is 0 Å². The molecule has 2 aliphatic rings. The summed E-state index contributed by atoms with van der Waals surface area (Å²) in [5.74, 6) is -0.237. The zero-order chi connectivity index (χ0) is 14.3. The number of rotatable bonds is 3. The van der Waals surface area contributed by atoms with E-state index in [1.807, 2.05) is 0 Å². The summed E-state index contributed by atoms with van der Waals surface area (Å²) in [5, 5.41) is 2.80. The van der Waals surface area contributed by atoms with Crippen molar-refractivity contribution in [3.63, 3.8) is 0 Å². The first-order valence-corrected chi connectivity index (χ1v) is 6.91. The van der Waals surface area contributed by atoms with E-state index in [1.165, 1.54) is 12.1 Å². The molecule has 2 unspecified atom stereocenters. The lowest BCUT2D eigenvalue weighted by Crippen LogP contribution is -2.62. The minimum Gasteiger partial charge on any atom is -0.342 e. The molecule has 3 rings (SSSR count). The average Bonchev–Trinajstić information content (AvgIpc) is 3.23. The van der Waals surface area contributed by atoms with E-state index >= 15 is 0 Å². The number of hydrogen-bond acceptors (Lipinski definition) is 2. The lowest BCUT2D eigenvalue weighted by molar-refractivity contribution is -0.149. The van der Waals surface area contributed by atoms with Gasteiger partial charge in [-0.1, -0.05) is 12.1 Å². The fraction of sp³-hybridized carbons (Fsp3) is 0.467. The van der Waals surface area contributed by atoms with Crippen molar-refractivity contribution in [1.29, 1.82) is 0 Å². The van der Waals surface area contributed by atoms with Crippen LogP contribution in [0.1, 0.15) is 25.3 Å². The second-order valence-electron chi connectivity index (χ2n) is 5.60. The molecule has 5 heteroatoms. The van der Waals surface area contributed by atoms with Gasteiger partial charge in [-0.3, -0.25) is 9.59 Å². The molecule has 1 saturated carbocycles. The van der Waals surface area contributed by atoms with Crippen LogP contribution >= 0.6 is 0 Å². The summed E-state index contributed by atoms with van der Waals surface area (Å²) in [5.41, 5.74) is 0.703. The molecule has 0 radical (unpaired) electrons. The Morgan fingerprint density at radius 3 is 2.75 bits per heavy atom. The molecule has 4 nitrogen and oxygen atoms in total. The number of carbonyl (C=O) groups excluding carboxylic acids is 2. The van der Waals surface area contributed by atoms with Gasteiger partial charge in [0.1, 0.15) is 17.9 Å². The predicted octanol–water partition coefficient (Wildman–Crippen LogP) is 1.45. The Balaban J connectivity index is 1.81. The van der Waals surface area contributed by atoms with Gasteiger partial charge in [0.15, 0.2) is 0 Å². The minimum absolute atomic E-state index is 0.0520. The maximum absolute atomic E-state index is 13.2. The van der Waals surface area contributed by atoms with Gasteiger partial charge in [0.25, 0.3) is 0 Å². The van der Waals surface area contributed by atoms with E-state index in [1.54, 1.807) is 24.0 Å². The van der Waals surface area contributed by atoms with E-state index in [2.05, 4.69) is 5.32 Å². The molecule has 1 N–H and O–H groups in total. The number of benzene rings is 1. The fourth-order valence-corrected chi connectivity index (χ4v) is 2.64. The van der Waals surface area contributed by atoms with Crippen LogP contribution in [0.25, 0.3) is 0 Å². The van der Waals surface area contributed by atoms with Crippen molar-refractivity contribution in [3.05, 3.63) is 35.6 Å². The number of carbonyl (C=O) groups is 2. The summed E-state index contributed by atoms with van der Waals surface area (Å²) in [7, 11) is 0. The molecule has 0 spiro atoms. The first-order chi connectivity index (χ1) is 9.56. The van der Waals surface area contributed by atoms with Crippen LogP contribution in [0.4, 0.5) is 4.39 Å². The lowest BCUT2D eigenvalue weighted by atomic mass is 10.0. The van der Waals surface area contributed by atoms with Crippen LogP contribution in [0.15, 0.2) is 24.3 Å². The van der Waals surface area contributed by atoms with Gasteiger partial charge in [0.05, 0.1) is 0 Å². The maximum atomic E-state index is 13.2. The molecule has 1 aliphatic heterocycles. The zero-order valence-corrected chi connectivity index (χ0v) is 11.3. The standard InChI is InChI=1S/C15H17FN2O2/c1-9-14(19)17-13(11-5-6-11)15(20)18(9)8-10-3-2-4-12(16)7-10/h2-4,7,9,11,13H,5-6,8H2,1H3,(H,17,19). The molecule has 1 aromatic rings. The number of halogens is 1. The smallest absolute Gasteiger partial charge is 0.246 e. The van der Waals surface area contributed by atoms with E-state index in [9.17, 15) is 14.0 Å². The number of nitrogens with one attached hydrogen (secondary N) is 1. The quantitative estimate of drug-likeness (QED) is 0.908. The third kappa shape index (κ3) is 2.40. The van der Waals surface area contributed by atoms with E-state index in [4.69, 9.17) is 0 Å². The Morgan fingerprint density at radius 1 is 1.35 bits per heavy atom. The molecular weight excluding hydrogens is 259 g/mol. The Kier molecular flexibility index (Phi) is 3.20. The molecule has 1 aromatic carbocycles. The molecule has 1 saturated heterocycles. The molecule has 1 heterocycles. The summed E-state index contributed by atoms with van der Waals surface area (Å²) >= 11 is 0. The van der Waals surface area contributed by atoms with Crippen LogP contribution in [-0.4, -0.2) is 28.8 Å². The molecule has 1 aliphatic carbocycles. The summed E-state index contributed by atoms with van der Waals surface area (Å²) in [4.78, 5) is 26.0. The fourth-order valence-electron chi connectivity index (χ4n) is 2.64. The normalized spacial score (nSPS) is 26.6. The highest BCUT2D eigenvalue weighted by atomic mass is 19.1. The molecule has 106 valence electrons. The molecule has 0 aromatic heterocycles. The third-order valence-corrected chi connectivity index (χ3v) is 4.03. The van der Waals surface area contributed by atoms with Crippen LogP contribution < -0.4 is 5.32 Å². The highest BCUT2D eigenvalue weighted by Gasteiger charge is 2.45. The minimum atomic E-state index is -0.513. The highest BCUT2D eigenvalue weighted by Crippen LogP contribution is 2.35. The van der Waals surface area contributed by atoms with Gasteiger partial charge in [-0.05, 0) is 43.4 Å². The summed E-state index contributed by atoms with van der Waals surface area (Å²) < 4.78 is 13.2. The van der Waals surface area contributed by atoms with Gasteiger partial charge >= 0.3 is 0 Å². The van der Waals surface area contributed by atoms with E-state index < -0.39 is 12.1 Å². The van der Waals surface area contributed by atoms with Crippen molar-refractivity contribution in [1.82, 2.24) is 10.2 Å². The number of hydrogen-bond donors (Lipinski definition) is 1. The predicted molar refractivity (Wildman–Crippen MR) is 71.1 cm³/mol. The molecule has 2 fully saturated rings. The van der Waals surface area contributed by atoms with Crippen LogP contribution in [0.2, 0.25) is 0 Å². The topological polar surface area (TPSA) is 49.4 Å². The van der Waals surface area contributed by atoms with Crippen molar-refractivity contribution in [2.75, 3.05) is 0 Å². The average molecular weight is 276 g/mol. The first-order valence-electron chi connectivity index (χ1n) is 6.91. The van der Waals surface area contributed by atoms with Gasteiger partial charge in [0, 0.05) is 6.54 Å². The van der Waals surface area contributed by atoms with Gasteiger partial charge < -0.3 is 10.2 Å². The molecule has 2 amide bonds. The Morgan fingerprint density at radius 2 is 2.10 bits per heavy atom. The van der Waals surface area contributed by atoms with E-state index in [-0.39, 0.29) is 30.1 Å². The second kappa shape index (κ2) is 4.89. The first kappa shape index (κ1) is 13.1. The maximum Gasteiger partial charge on any atom is 0.246 e. The number of nitrogens with zero attached hydrogens (tertiary/aromatic N) is 1. The summed E-state index contributed by atoms with van der Waals surface area (Å²) in [6.07, 6.45) is 1.97. The van der Waals surface area contributed by atoms with Crippen molar-refractivity contribution in [3.8, 4) is 0 Å². The van der Waals surface area contributed by atoms with Crippen LogP contribution in [0, 0.1) is 11.7 Å². The Labute approximate surface area is 117 Å². The molecular formula is C15H17FN2O2. The van der Waals surface area contributed by atoms with Gasteiger partial charge in [-0.15, -0.1) is 0 Å². The van der Waals surface area contributed by atoms with Crippen LogP contribution in [0.3, 0.4) is 0 Å². The van der Waals surface area contributed by atoms with E-state index in [0.717, 1.165) is 12.8 Å². The van der Waals surface area contributed by atoms with Crippen molar-refractivity contribution < 1.29 is 14.0 Å². The van der Waals surface area contributed by atoms with Crippen molar-refractivity contribution in [2.24, 2.45) is 5.92 Å². The second-order valence-corrected chi connectivity index (χ2v) is 5.60.